The molecule has 150 valence electrons. The first kappa shape index (κ1) is 26.5. The van der Waals surface area contributed by atoms with E-state index in [9.17, 15) is 0 Å². The van der Waals surface area contributed by atoms with Crippen LogP contribution in [0.4, 0.5) is 4.79 Å². The van der Waals surface area contributed by atoms with Crippen molar-refractivity contribution >= 4 is 6.16 Å². The molecule has 0 radical (unpaired) electrons. The Balaban J connectivity index is 0. The second-order valence-corrected chi connectivity index (χ2v) is 6.76. The van der Waals surface area contributed by atoms with Gasteiger partial charge in [-0.05, 0) is 12.8 Å². The minimum Gasteiger partial charge on any atom is -0.450 e. The van der Waals surface area contributed by atoms with Crippen molar-refractivity contribution in [3.05, 3.63) is 0 Å². The van der Waals surface area contributed by atoms with Crippen molar-refractivity contribution in [1.82, 2.24) is 0 Å². The average molecular weight is 367 g/mol. The first-order valence-corrected chi connectivity index (χ1v) is 10.3. The summed E-state index contributed by atoms with van der Waals surface area (Å²) in [4.78, 5) is 8.56. The Kier molecular flexibility index (Phi) is 26.0. The van der Waals surface area contributed by atoms with Gasteiger partial charge in [-0.3, -0.25) is 0 Å². The molecule has 0 fully saturated rings. The molecule has 5 heteroatoms. The van der Waals surface area contributed by atoms with Gasteiger partial charge in [0.05, 0.1) is 12.1 Å². The highest BCUT2D eigenvalue weighted by Gasteiger charge is 1.94. The molecule has 0 atom stereocenters. The van der Waals surface area contributed by atoms with E-state index >= 15 is 0 Å². The van der Waals surface area contributed by atoms with Crippen LogP contribution in [0.3, 0.4) is 0 Å². The number of nitrogens with zero attached hydrogens (tertiary/aromatic N) is 2. The maximum absolute atomic E-state index is 8.56. The van der Waals surface area contributed by atoms with Crippen molar-refractivity contribution < 1.29 is 15.0 Å². The van der Waals surface area contributed by atoms with Gasteiger partial charge in [0.1, 0.15) is 0 Å². The molecule has 0 aliphatic carbocycles. The van der Waals surface area contributed by atoms with Crippen LogP contribution in [-0.2, 0) is 0 Å². The number of hydrogen-bond donors (Lipinski definition) is 2. The molecule has 0 amide bonds. The Bertz CT molecular complexity index is 338. The molecule has 0 unspecified atom stereocenters. The summed E-state index contributed by atoms with van der Waals surface area (Å²) in [6, 6.07) is 4.42. The van der Waals surface area contributed by atoms with Crippen LogP contribution in [0, 0.1) is 22.7 Å². The summed E-state index contributed by atoms with van der Waals surface area (Å²) in [6.45, 7) is 0. The zero-order valence-corrected chi connectivity index (χ0v) is 16.4. The van der Waals surface area contributed by atoms with Crippen LogP contribution in [0.1, 0.15) is 116 Å². The van der Waals surface area contributed by atoms with Crippen molar-refractivity contribution in [2.24, 2.45) is 0 Å². The molecule has 26 heavy (non-hydrogen) atoms. The van der Waals surface area contributed by atoms with Gasteiger partial charge in [-0.25, -0.2) is 4.79 Å². The van der Waals surface area contributed by atoms with Gasteiger partial charge in [0, 0.05) is 12.8 Å². The lowest BCUT2D eigenvalue weighted by Crippen LogP contribution is -1.83. The lowest BCUT2D eigenvalue weighted by atomic mass is 10.0. The molecular formula is C21H38N2O3. The Labute approximate surface area is 160 Å². The van der Waals surface area contributed by atoms with Crippen LogP contribution in [0.15, 0.2) is 0 Å². The molecule has 5 nitrogen and oxygen atoms in total. The van der Waals surface area contributed by atoms with Crippen molar-refractivity contribution in [3.63, 3.8) is 0 Å². The van der Waals surface area contributed by atoms with E-state index in [1.807, 2.05) is 0 Å². The Hall–Kier alpha value is -1.75. The van der Waals surface area contributed by atoms with Gasteiger partial charge in [-0.15, -0.1) is 0 Å². The molecule has 0 aromatic carbocycles. The third-order valence-electron chi connectivity index (χ3n) is 4.33. The molecule has 0 bridgehead atoms. The molecule has 0 heterocycles. The number of hydrogen-bond acceptors (Lipinski definition) is 3. The Morgan fingerprint density at radius 3 is 0.808 bits per heavy atom. The van der Waals surface area contributed by atoms with Gasteiger partial charge in [0.25, 0.3) is 0 Å². The summed E-state index contributed by atoms with van der Waals surface area (Å²) in [5, 5.41) is 30.8. The van der Waals surface area contributed by atoms with E-state index in [2.05, 4.69) is 12.1 Å². The van der Waals surface area contributed by atoms with Crippen LogP contribution >= 0.6 is 0 Å². The molecule has 0 saturated heterocycles. The number of unbranched alkanes of at least 4 members (excludes halogenated alkanes) is 17. The predicted octanol–water partition coefficient (Wildman–Crippen LogP) is 7.28. The van der Waals surface area contributed by atoms with Gasteiger partial charge in [0.2, 0.25) is 0 Å². The molecule has 0 aromatic rings. The van der Waals surface area contributed by atoms with E-state index < -0.39 is 6.16 Å². The van der Waals surface area contributed by atoms with Crippen LogP contribution < -0.4 is 0 Å². The largest absolute Gasteiger partial charge is 0.503 e. The van der Waals surface area contributed by atoms with Crippen LogP contribution in [0.25, 0.3) is 0 Å². The van der Waals surface area contributed by atoms with Gasteiger partial charge in [-0.1, -0.05) is 89.9 Å². The summed E-state index contributed by atoms with van der Waals surface area (Å²) in [5.41, 5.74) is 0. The van der Waals surface area contributed by atoms with Crippen molar-refractivity contribution in [3.8, 4) is 12.1 Å². The zero-order chi connectivity index (χ0) is 19.7. The summed E-state index contributed by atoms with van der Waals surface area (Å²) in [7, 11) is 0. The molecule has 0 saturated carbocycles. The fourth-order valence-corrected chi connectivity index (χ4v) is 2.88. The van der Waals surface area contributed by atoms with E-state index in [0.29, 0.717) is 0 Å². The molecule has 2 N–H and O–H groups in total. The monoisotopic (exact) mass is 366 g/mol. The number of rotatable bonds is 17. The normalized spacial score (nSPS) is 9.62. The lowest BCUT2D eigenvalue weighted by molar-refractivity contribution is 0.137. The van der Waals surface area contributed by atoms with E-state index in [0.717, 1.165) is 25.7 Å². The summed E-state index contributed by atoms with van der Waals surface area (Å²) in [6.07, 6.45) is 20.9. The van der Waals surface area contributed by atoms with E-state index in [-0.39, 0.29) is 0 Å². The van der Waals surface area contributed by atoms with Crippen molar-refractivity contribution in [2.45, 2.75) is 116 Å². The van der Waals surface area contributed by atoms with Crippen molar-refractivity contribution in [2.75, 3.05) is 0 Å². The van der Waals surface area contributed by atoms with E-state index in [1.165, 1.54) is 89.9 Å². The number of nitriles is 2. The smallest absolute Gasteiger partial charge is 0.450 e. The third kappa shape index (κ3) is 33.8. The molecule has 0 aliphatic heterocycles. The highest BCUT2D eigenvalue weighted by molar-refractivity contribution is 5.53. The predicted molar refractivity (Wildman–Crippen MR) is 105 cm³/mol. The fraction of sp³-hybridized carbons (Fsp3) is 0.857. The average Bonchev–Trinajstić information content (AvgIpc) is 2.60. The molecule has 0 aromatic heterocycles. The minimum absolute atomic E-state index is 0.736. The molecule has 0 spiro atoms. The quantitative estimate of drug-likeness (QED) is 0.263. The topological polar surface area (TPSA) is 105 Å². The second kappa shape index (κ2) is 25.5. The Morgan fingerprint density at radius 2 is 0.654 bits per heavy atom. The Morgan fingerprint density at radius 1 is 0.500 bits per heavy atom. The summed E-state index contributed by atoms with van der Waals surface area (Å²) >= 11 is 0. The van der Waals surface area contributed by atoms with E-state index in [1.54, 1.807) is 0 Å². The van der Waals surface area contributed by atoms with Crippen LogP contribution in [-0.4, -0.2) is 16.4 Å². The van der Waals surface area contributed by atoms with Gasteiger partial charge in [0.15, 0.2) is 0 Å². The third-order valence-corrected chi connectivity index (χ3v) is 4.33. The van der Waals surface area contributed by atoms with Crippen molar-refractivity contribution in [1.29, 1.82) is 10.5 Å². The molecule has 0 rings (SSSR count). The standard InChI is InChI=1S/C20H36N2.CH2O3/c21-19-17-15-13-11-9-7-5-3-1-2-4-6-8-10-12-14-16-18-20-22;2-1(3)4/h1-18H2;(H2,2,3,4). The maximum atomic E-state index is 8.56. The summed E-state index contributed by atoms with van der Waals surface area (Å²) in [5.74, 6) is 0. The van der Waals surface area contributed by atoms with Crippen LogP contribution in [0.2, 0.25) is 0 Å². The fourth-order valence-electron chi connectivity index (χ4n) is 2.88. The van der Waals surface area contributed by atoms with Gasteiger partial charge < -0.3 is 10.2 Å². The first-order valence-electron chi connectivity index (χ1n) is 10.3. The second-order valence-electron chi connectivity index (χ2n) is 6.76. The molecule has 0 aliphatic rings. The van der Waals surface area contributed by atoms with Gasteiger partial charge >= 0.3 is 6.16 Å². The highest BCUT2D eigenvalue weighted by Crippen LogP contribution is 2.14. The molecular weight excluding hydrogens is 328 g/mol. The van der Waals surface area contributed by atoms with Crippen LogP contribution in [0.5, 0.6) is 0 Å². The summed E-state index contributed by atoms with van der Waals surface area (Å²) < 4.78 is 0. The lowest BCUT2D eigenvalue weighted by Gasteiger charge is -2.03. The maximum Gasteiger partial charge on any atom is 0.503 e. The minimum atomic E-state index is -1.83. The highest BCUT2D eigenvalue weighted by atomic mass is 16.6. The number of carbonyl (C=O) groups is 1. The van der Waals surface area contributed by atoms with Gasteiger partial charge in [-0.2, -0.15) is 10.5 Å². The SMILES string of the molecule is N#CCCCCCCCCCCCCCCCCCCC#N.O=C(O)O. The first-order chi connectivity index (χ1) is 12.6. The number of carboxylic acid groups (broad SMARTS) is 2. The zero-order valence-electron chi connectivity index (χ0n) is 16.4. The van der Waals surface area contributed by atoms with E-state index in [4.69, 9.17) is 25.5 Å².